The van der Waals surface area contributed by atoms with Crippen molar-refractivity contribution < 1.29 is 14.3 Å². The van der Waals surface area contributed by atoms with E-state index in [1.165, 1.54) is 28.9 Å². The number of rotatable bonds is 4. The second kappa shape index (κ2) is 5.63. The Morgan fingerprint density at radius 1 is 1.40 bits per heavy atom. The van der Waals surface area contributed by atoms with E-state index in [-0.39, 0.29) is 22.5 Å². The molecule has 0 saturated heterocycles. The van der Waals surface area contributed by atoms with E-state index in [1.54, 1.807) is 0 Å². The lowest BCUT2D eigenvalue weighted by Gasteiger charge is -2.02. The van der Waals surface area contributed by atoms with E-state index in [1.807, 2.05) is 13.8 Å². The van der Waals surface area contributed by atoms with Gasteiger partial charge in [-0.05, 0) is 36.6 Å². The van der Waals surface area contributed by atoms with E-state index < -0.39 is 5.97 Å². The van der Waals surface area contributed by atoms with Crippen molar-refractivity contribution in [2.24, 2.45) is 5.92 Å². The van der Waals surface area contributed by atoms with Crippen molar-refractivity contribution in [3.63, 3.8) is 0 Å². The largest absolute Gasteiger partial charge is 0.478 e. The number of hydrogen-bond acceptors (Lipinski definition) is 2. The van der Waals surface area contributed by atoms with E-state index >= 15 is 0 Å². The molecule has 0 unspecified atom stereocenters. The summed E-state index contributed by atoms with van der Waals surface area (Å²) in [6.07, 6.45) is 0.509. The first kappa shape index (κ1) is 14.5. The minimum atomic E-state index is -1.11. The van der Waals surface area contributed by atoms with Gasteiger partial charge in [-0.15, -0.1) is 0 Å². The highest BCUT2D eigenvalue weighted by Gasteiger charge is 2.23. The molecule has 1 aromatic carbocycles. The number of carboxylic acid groups (broad SMARTS) is 1. The molecule has 0 amide bonds. The van der Waals surface area contributed by atoms with Crippen molar-refractivity contribution in [3.05, 3.63) is 46.5 Å². The van der Waals surface area contributed by atoms with Crippen LogP contribution in [0.15, 0.2) is 24.3 Å². The van der Waals surface area contributed by atoms with Crippen molar-refractivity contribution >= 4 is 17.6 Å². The molecular formula is C14H14ClFN2O2. The zero-order valence-corrected chi connectivity index (χ0v) is 11.9. The summed E-state index contributed by atoms with van der Waals surface area (Å²) in [7, 11) is 0. The zero-order chi connectivity index (χ0) is 14.9. The second-order valence-electron chi connectivity index (χ2n) is 4.90. The SMILES string of the molecule is CC(C)Cc1nn(-c2ccc(F)cc2)c(Cl)c1C(=O)O. The Hall–Kier alpha value is -1.88. The summed E-state index contributed by atoms with van der Waals surface area (Å²) in [6, 6.07) is 5.55. The van der Waals surface area contributed by atoms with Gasteiger partial charge >= 0.3 is 5.97 Å². The summed E-state index contributed by atoms with van der Waals surface area (Å²) in [5.74, 6) is -1.24. The maximum absolute atomic E-state index is 12.9. The number of carboxylic acids is 1. The Kier molecular flexibility index (Phi) is 4.09. The molecule has 1 heterocycles. The molecule has 4 nitrogen and oxygen atoms in total. The van der Waals surface area contributed by atoms with E-state index in [0.717, 1.165) is 0 Å². The third-order valence-corrected chi connectivity index (χ3v) is 3.14. The van der Waals surface area contributed by atoms with Gasteiger partial charge in [-0.25, -0.2) is 13.9 Å². The standard InChI is InChI=1S/C14H14ClFN2O2/c1-8(2)7-11-12(14(19)20)13(15)18(17-11)10-5-3-9(16)4-6-10/h3-6,8H,7H2,1-2H3,(H,19,20). The molecule has 0 aliphatic heterocycles. The predicted molar refractivity (Wildman–Crippen MR) is 74.0 cm³/mol. The lowest BCUT2D eigenvalue weighted by atomic mass is 10.1. The van der Waals surface area contributed by atoms with Gasteiger partial charge in [-0.3, -0.25) is 0 Å². The molecular weight excluding hydrogens is 283 g/mol. The molecule has 6 heteroatoms. The number of aromatic nitrogens is 2. The van der Waals surface area contributed by atoms with Gasteiger partial charge in [0.1, 0.15) is 16.5 Å². The summed E-state index contributed by atoms with van der Waals surface area (Å²) < 4.78 is 14.3. The van der Waals surface area contributed by atoms with Gasteiger partial charge in [-0.1, -0.05) is 25.4 Å². The Labute approximate surface area is 120 Å². The third-order valence-electron chi connectivity index (χ3n) is 2.79. The summed E-state index contributed by atoms with van der Waals surface area (Å²) >= 11 is 6.11. The van der Waals surface area contributed by atoms with Gasteiger partial charge in [0, 0.05) is 0 Å². The monoisotopic (exact) mass is 296 g/mol. The van der Waals surface area contributed by atoms with Gasteiger partial charge in [-0.2, -0.15) is 5.10 Å². The molecule has 0 saturated carbocycles. The third kappa shape index (κ3) is 2.82. The first-order valence-corrected chi connectivity index (χ1v) is 6.54. The van der Waals surface area contributed by atoms with Crippen molar-refractivity contribution in [2.45, 2.75) is 20.3 Å². The lowest BCUT2D eigenvalue weighted by molar-refractivity contribution is 0.0695. The van der Waals surface area contributed by atoms with Crippen LogP contribution in [0.5, 0.6) is 0 Å². The van der Waals surface area contributed by atoms with Gasteiger partial charge in [0.05, 0.1) is 11.4 Å². The highest BCUT2D eigenvalue weighted by atomic mass is 35.5. The molecule has 2 rings (SSSR count). The van der Waals surface area contributed by atoms with Crippen molar-refractivity contribution in [1.29, 1.82) is 0 Å². The van der Waals surface area contributed by atoms with Crippen LogP contribution in [0.4, 0.5) is 4.39 Å². The quantitative estimate of drug-likeness (QED) is 0.938. The molecule has 2 aromatic rings. The molecule has 0 spiro atoms. The topological polar surface area (TPSA) is 55.1 Å². The van der Waals surface area contributed by atoms with Crippen LogP contribution in [0.1, 0.15) is 29.9 Å². The number of nitrogens with zero attached hydrogens (tertiary/aromatic N) is 2. The molecule has 0 atom stereocenters. The van der Waals surface area contributed by atoms with Crippen molar-refractivity contribution in [1.82, 2.24) is 9.78 Å². The highest BCUT2D eigenvalue weighted by Crippen LogP contribution is 2.25. The molecule has 106 valence electrons. The van der Waals surface area contributed by atoms with Crippen LogP contribution in [0.2, 0.25) is 5.15 Å². The number of halogens is 2. The fraction of sp³-hybridized carbons (Fsp3) is 0.286. The van der Waals surface area contributed by atoms with E-state index in [2.05, 4.69) is 5.10 Å². The molecule has 0 radical (unpaired) electrons. The Morgan fingerprint density at radius 3 is 2.50 bits per heavy atom. The highest BCUT2D eigenvalue weighted by molar-refractivity contribution is 6.32. The molecule has 20 heavy (non-hydrogen) atoms. The first-order chi connectivity index (χ1) is 9.40. The zero-order valence-electron chi connectivity index (χ0n) is 11.1. The molecule has 1 aromatic heterocycles. The smallest absolute Gasteiger partial charge is 0.340 e. The van der Waals surface area contributed by atoms with E-state index in [9.17, 15) is 14.3 Å². The summed E-state index contributed by atoms with van der Waals surface area (Å²) in [5, 5.41) is 13.5. The molecule has 0 bridgehead atoms. The fourth-order valence-electron chi connectivity index (χ4n) is 1.93. The van der Waals surface area contributed by atoms with Gasteiger partial charge in [0.2, 0.25) is 0 Å². The molecule has 0 aliphatic rings. The van der Waals surface area contributed by atoms with Crippen LogP contribution in [-0.4, -0.2) is 20.9 Å². The van der Waals surface area contributed by atoms with Crippen LogP contribution in [0.3, 0.4) is 0 Å². The van der Waals surface area contributed by atoms with Gasteiger partial charge < -0.3 is 5.11 Å². The minimum absolute atomic E-state index is 0.00434. The van der Waals surface area contributed by atoms with Crippen molar-refractivity contribution in [3.8, 4) is 5.69 Å². The Morgan fingerprint density at radius 2 is 2.00 bits per heavy atom. The Bertz CT molecular complexity index is 635. The number of carbonyl (C=O) groups is 1. The van der Waals surface area contributed by atoms with Crippen LogP contribution >= 0.6 is 11.6 Å². The predicted octanol–water partition coefficient (Wildman–Crippen LogP) is 3.56. The summed E-state index contributed by atoms with van der Waals surface area (Å²) in [5.41, 5.74) is 0.959. The Balaban J connectivity index is 2.54. The first-order valence-electron chi connectivity index (χ1n) is 6.16. The van der Waals surface area contributed by atoms with Crippen LogP contribution in [-0.2, 0) is 6.42 Å². The normalized spacial score (nSPS) is 11.1. The molecule has 0 aliphatic carbocycles. The molecule has 1 N–H and O–H groups in total. The summed E-state index contributed by atoms with van der Waals surface area (Å²) in [4.78, 5) is 11.3. The summed E-state index contributed by atoms with van der Waals surface area (Å²) in [6.45, 7) is 3.94. The average Bonchev–Trinajstić information content (AvgIpc) is 2.66. The van der Waals surface area contributed by atoms with Gasteiger partial charge in [0.15, 0.2) is 0 Å². The van der Waals surface area contributed by atoms with Crippen LogP contribution < -0.4 is 0 Å². The van der Waals surface area contributed by atoms with E-state index in [0.29, 0.717) is 17.8 Å². The van der Waals surface area contributed by atoms with Gasteiger partial charge in [0.25, 0.3) is 0 Å². The van der Waals surface area contributed by atoms with Crippen LogP contribution in [0, 0.1) is 11.7 Å². The maximum Gasteiger partial charge on any atom is 0.340 e. The number of benzene rings is 1. The van der Waals surface area contributed by atoms with Crippen LogP contribution in [0.25, 0.3) is 5.69 Å². The van der Waals surface area contributed by atoms with Crippen molar-refractivity contribution in [2.75, 3.05) is 0 Å². The average molecular weight is 297 g/mol. The second-order valence-corrected chi connectivity index (χ2v) is 5.26. The maximum atomic E-state index is 12.9. The fourth-order valence-corrected chi connectivity index (χ4v) is 2.26. The minimum Gasteiger partial charge on any atom is -0.478 e. The molecule has 0 fully saturated rings. The van der Waals surface area contributed by atoms with E-state index in [4.69, 9.17) is 11.6 Å². The number of hydrogen-bond donors (Lipinski definition) is 1. The number of aromatic carboxylic acids is 1. The lowest BCUT2D eigenvalue weighted by Crippen LogP contribution is -2.03.